The Labute approximate surface area is 208 Å². The lowest BCUT2D eigenvalue weighted by Gasteiger charge is -2.27. The van der Waals surface area contributed by atoms with Crippen LogP contribution in [0.1, 0.15) is 28.2 Å². The molecular weight excluding hydrogens is 457 g/mol. The molecule has 0 aliphatic carbocycles. The molecule has 0 radical (unpaired) electrons. The molecule has 2 aromatic heterocycles. The lowest BCUT2D eigenvalue weighted by Crippen LogP contribution is -2.28. The number of benzene rings is 2. The molecule has 0 atom stereocenters. The first kappa shape index (κ1) is 22.1. The van der Waals surface area contributed by atoms with E-state index in [4.69, 9.17) is 10.5 Å². The zero-order valence-corrected chi connectivity index (χ0v) is 19.9. The number of hydrogen-bond acceptors (Lipinski definition) is 7. The van der Waals surface area contributed by atoms with Crippen LogP contribution in [0.2, 0.25) is 0 Å². The number of halogens is 1. The van der Waals surface area contributed by atoms with Gasteiger partial charge in [0.25, 0.3) is 0 Å². The molecule has 0 saturated heterocycles. The van der Waals surface area contributed by atoms with Crippen molar-refractivity contribution >= 4 is 23.4 Å². The van der Waals surface area contributed by atoms with Crippen molar-refractivity contribution in [1.29, 1.82) is 0 Å². The standard InChI is InChI=1S/C27H26FN7O/c1-18-23(12-19-2-4-21(28)5-3-19)27(31-16-30-18)33-10-11-36-24-7-6-22(13-20(24)14-33)34-9-8-26-32-25(29)15-35(26)17-34/h2-9,13,15-16H,10-12,14,17,29H2,1H3. The summed E-state index contributed by atoms with van der Waals surface area (Å²) in [4.78, 5) is 17.8. The highest BCUT2D eigenvalue weighted by atomic mass is 19.1. The van der Waals surface area contributed by atoms with Crippen LogP contribution in [0.25, 0.3) is 6.08 Å². The van der Waals surface area contributed by atoms with E-state index >= 15 is 0 Å². The molecule has 2 aliphatic rings. The molecule has 6 rings (SSSR count). The molecule has 182 valence electrons. The van der Waals surface area contributed by atoms with E-state index in [1.807, 2.05) is 48.2 Å². The molecular formula is C27H26FN7O. The fourth-order valence-corrected chi connectivity index (χ4v) is 4.75. The van der Waals surface area contributed by atoms with Gasteiger partial charge in [-0.3, -0.25) is 0 Å². The van der Waals surface area contributed by atoms with E-state index in [0.29, 0.717) is 38.6 Å². The molecule has 0 unspecified atom stereocenters. The SMILES string of the molecule is Cc1ncnc(N2CCOc3ccc(N4C=Cc5nc(N)cn5C4)cc3C2)c1Cc1ccc(F)cc1. The first-order valence-electron chi connectivity index (χ1n) is 11.9. The molecule has 0 saturated carbocycles. The van der Waals surface area contributed by atoms with Gasteiger partial charge in [-0.25, -0.2) is 19.3 Å². The van der Waals surface area contributed by atoms with E-state index in [0.717, 1.165) is 45.5 Å². The van der Waals surface area contributed by atoms with Crippen LogP contribution in [-0.2, 0) is 19.6 Å². The average molecular weight is 484 g/mol. The summed E-state index contributed by atoms with van der Waals surface area (Å²) in [5, 5.41) is 0. The summed E-state index contributed by atoms with van der Waals surface area (Å²) in [6.07, 6.45) is 8.06. The lowest BCUT2D eigenvalue weighted by molar-refractivity contribution is 0.331. The maximum Gasteiger partial charge on any atom is 0.142 e. The lowest BCUT2D eigenvalue weighted by atomic mass is 10.0. The number of aryl methyl sites for hydroxylation is 1. The molecule has 0 spiro atoms. The quantitative estimate of drug-likeness (QED) is 0.467. The summed E-state index contributed by atoms with van der Waals surface area (Å²) >= 11 is 0. The summed E-state index contributed by atoms with van der Waals surface area (Å²) in [5.41, 5.74) is 11.0. The minimum absolute atomic E-state index is 0.242. The summed E-state index contributed by atoms with van der Waals surface area (Å²) < 4.78 is 21.6. The zero-order chi connectivity index (χ0) is 24.6. The monoisotopic (exact) mass is 483 g/mol. The van der Waals surface area contributed by atoms with Crippen LogP contribution in [0, 0.1) is 12.7 Å². The number of nitrogen functional groups attached to an aromatic ring is 1. The minimum atomic E-state index is -0.242. The summed E-state index contributed by atoms with van der Waals surface area (Å²) in [6.45, 7) is 4.51. The van der Waals surface area contributed by atoms with Gasteiger partial charge < -0.3 is 24.8 Å². The first-order chi connectivity index (χ1) is 17.5. The molecule has 0 amide bonds. The van der Waals surface area contributed by atoms with E-state index in [9.17, 15) is 4.39 Å². The third kappa shape index (κ3) is 4.24. The molecule has 9 heteroatoms. The van der Waals surface area contributed by atoms with E-state index in [1.54, 1.807) is 6.33 Å². The second-order valence-electron chi connectivity index (χ2n) is 9.05. The maximum atomic E-state index is 13.4. The number of hydrogen-bond donors (Lipinski definition) is 1. The maximum absolute atomic E-state index is 13.4. The fraction of sp³-hybridized carbons (Fsp3) is 0.222. The van der Waals surface area contributed by atoms with Gasteiger partial charge in [0.15, 0.2) is 0 Å². The highest BCUT2D eigenvalue weighted by Gasteiger charge is 2.22. The Bertz CT molecular complexity index is 1450. The van der Waals surface area contributed by atoms with Crippen LogP contribution in [-0.4, -0.2) is 32.7 Å². The molecule has 2 aliphatic heterocycles. The van der Waals surface area contributed by atoms with Crippen molar-refractivity contribution in [3.05, 3.63) is 95.2 Å². The highest BCUT2D eigenvalue weighted by Crippen LogP contribution is 2.33. The summed E-state index contributed by atoms with van der Waals surface area (Å²) in [5.74, 6) is 2.87. The minimum Gasteiger partial charge on any atom is -0.491 e. The summed E-state index contributed by atoms with van der Waals surface area (Å²) in [7, 11) is 0. The molecule has 0 fully saturated rings. The fourth-order valence-electron chi connectivity index (χ4n) is 4.75. The van der Waals surface area contributed by atoms with Gasteiger partial charge in [-0.1, -0.05) is 12.1 Å². The van der Waals surface area contributed by atoms with Crippen molar-refractivity contribution in [2.24, 2.45) is 0 Å². The van der Waals surface area contributed by atoms with Gasteiger partial charge >= 0.3 is 0 Å². The number of ether oxygens (including phenoxy) is 1. The summed E-state index contributed by atoms with van der Waals surface area (Å²) in [6, 6.07) is 12.9. The second-order valence-corrected chi connectivity index (χ2v) is 9.05. The second kappa shape index (κ2) is 8.99. The highest BCUT2D eigenvalue weighted by molar-refractivity contribution is 5.61. The number of nitrogens with zero attached hydrogens (tertiary/aromatic N) is 6. The van der Waals surface area contributed by atoms with Crippen molar-refractivity contribution in [2.75, 3.05) is 28.7 Å². The predicted octanol–water partition coefficient (Wildman–Crippen LogP) is 4.14. The van der Waals surface area contributed by atoms with Crippen LogP contribution < -0.4 is 20.3 Å². The van der Waals surface area contributed by atoms with Gasteiger partial charge in [0.1, 0.15) is 48.6 Å². The van der Waals surface area contributed by atoms with E-state index in [-0.39, 0.29) is 5.82 Å². The smallest absolute Gasteiger partial charge is 0.142 e. The molecule has 36 heavy (non-hydrogen) atoms. The predicted molar refractivity (Wildman–Crippen MR) is 137 cm³/mol. The van der Waals surface area contributed by atoms with Crippen LogP contribution in [0.3, 0.4) is 0 Å². The Morgan fingerprint density at radius 3 is 2.83 bits per heavy atom. The Hall–Kier alpha value is -4.40. The van der Waals surface area contributed by atoms with Gasteiger partial charge in [-0.05, 0) is 48.9 Å². The number of rotatable bonds is 4. The molecule has 8 nitrogen and oxygen atoms in total. The van der Waals surface area contributed by atoms with E-state index in [1.165, 1.54) is 12.1 Å². The molecule has 4 heterocycles. The van der Waals surface area contributed by atoms with E-state index < -0.39 is 0 Å². The van der Waals surface area contributed by atoms with Gasteiger partial charge in [0, 0.05) is 47.9 Å². The average Bonchev–Trinajstić information content (AvgIpc) is 3.12. The number of anilines is 3. The van der Waals surface area contributed by atoms with Gasteiger partial charge in [0.05, 0.1) is 6.54 Å². The molecule has 4 aromatic rings. The third-order valence-corrected chi connectivity index (χ3v) is 6.62. The Morgan fingerprint density at radius 1 is 1.11 bits per heavy atom. The van der Waals surface area contributed by atoms with Crippen LogP contribution in [0.4, 0.5) is 21.7 Å². The molecule has 0 bridgehead atoms. The van der Waals surface area contributed by atoms with Crippen molar-refractivity contribution in [3.63, 3.8) is 0 Å². The van der Waals surface area contributed by atoms with E-state index in [2.05, 4.69) is 36.9 Å². The van der Waals surface area contributed by atoms with Gasteiger partial charge in [0.2, 0.25) is 0 Å². The normalized spacial score (nSPS) is 14.7. The first-order valence-corrected chi connectivity index (χ1v) is 11.9. The Morgan fingerprint density at radius 2 is 1.97 bits per heavy atom. The largest absolute Gasteiger partial charge is 0.491 e. The number of nitrogens with two attached hydrogens (primary N) is 1. The topological polar surface area (TPSA) is 85.3 Å². The van der Waals surface area contributed by atoms with Gasteiger partial charge in [-0.15, -0.1) is 0 Å². The van der Waals surface area contributed by atoms with Gasteiger partial charge in [-0.2, -0.15) is 0 Å². The number of fused-ring (bicyclic) bond motifs is 2. The van der Waals surface area contributed by atoms with Crippen molar-refractivity contribution < 1.29 is 9.13 Å². The van der Waals surface area contributed by atoms with Crippen molar-refractivity contribution in [1.82, 2.24) is 19.5 Å². The molecule has 2 aromatic carbocycles. The Kier molecular flexibility index (Phi) is 5.52. The zero-order valence-electron chi connectivity index (χ0n) is 19.9. The Balaban J connectivity index is 1.29. The third-order valence-electron chi connectivity index (χ3n) is 6.62. The van der Waals surface area contributed by atoms with Crippen LogP contribution in [0.5, 0.6) is 5.75 Å². The van der Waals surface area contributed by atoms with Crippen LogP contribution >= 0.6 is 0 Å². The number of imidazole rings is 1. The van der Waals surface area contributed by atoms with Crippen molar-refractivity contribution in [3.8, 4) is 5.75 Å². The molecule has 2 N–H and O–H groups in total. The number of aromatic nitrogens is 4. The van der Waals surface area contributed by atoms with Crippen LogP contribution in [0.15, 0.2) is 61.2 Å². The van der Waals surface area contributed by atoms with Crippen molar-refractivity contribution in [2.45, 2.75) is 26.6 Å².